The molecular formula is C10H14BrClN2OS. The van der Waals surface area contributed by atoms with E-state index >= 15 is 0 Å². The fourth-order valence-corrected chi connectivity index (χ4v) is 2.20. The van der Waals surface area contributed by atoms with Gasteiger partial charge in [0, 0.05) is 29.3 Å². The maximum Gasteiger partial charge on any atom is 0.136 e. The van der Waals surface area contributed by atoms with Gasteiger partial charge in [-0.3, -0.25) is 4.98 Å². The zero-order valence-electron chi connectivity index (χ0n) is 9.38. The van der Waals surface area contributed by atoms with E-state index in [1.54, 1.807) is 12.4 Å². The van der Waals surface area contributed by atoms with Crippen molar-refractivity contribution >= 4 is 38.9 Å². The van der Waals surface area contributed by atoms with Crippen molar-refractivity contribution < 1.29 is 4.55 Å². The van der Waals surface area contributed by atoms with Gasteiger partial charge in [-0.05, 0) is 36.7 Å². The van der Waals surface area contributed by atoms with Gasteiger partial charge in [-0.2, -0.15) is 0 Å². The second kappa shape index (κ2) is 5.69. The van der Waals surface area contributed by atoms with Gasteiger partial charge in [-0.25, -0.2) is 0 Å². The smallest absolute Gasteiger partial charge is 0.136 e. The zero-order chi connectivity index (χ0) is 12.3. The van der Waals surface area contributed by atoms with Crippen LogP contribution in [0.1, 0.15) is 26.3 Å². The third-order valence-electron chi connectivity index (χ3n) is 1.86. The van der Waals surface area contributed by atoms with Gasteiger partial charge in [0.05, 0.1) is 16.0 Å². The number of aromatic nitrogens is 1. The molecule has 1 aromatic rings. The first-order valence-corrected chi connectivity index (χ1v) is 7.07. The first-order valence-electron chi connectivity index (χ1n) is 4.75. The molecule has 1 unspecified atom stereocenters. The highest BCUT2D eigenvalue weighted by Gasteiger charge is 2.26. The quantitative estimate of drug-likeness (QED) is 0.869. The molecule has 0 radical (unpaired) electrons. The maximum atomic E-state index is 11.8. The van der Waals surface area contributed by atoms with E-state index in [1.807, 2.05) is 20.8 Å². The van der Waals surface area contributed by atoms with E-state index in [0.29, 0.717) is 11.6 Å². The van der Waals surface area contributed by atoms with Gasteiger partial charge < -0.3 is 4.55 Å². The van der Waals surface area contributed by atoms with Crippen molar-refractivity contribution in [1.82, 2.24) is 9.71 Å². The van der Waals surface area contributed by atoms with Crippen LogP contribution in [0.4, 0.5) is 0 Å². The van der Waals surface area contributed by atoms with Crippen LogP contribution in [0.2, 0.25) is 5.02 Å². The van der Waals surface area contributed by atoms with Gasteiger partial charge >= 0.3 is 0 Å². The van der Waals surface area contributed by atoms with Crippen molar-refractivity contribution in [3.05, 3.63) is 27.5 Å². The summed E-state index contributed by atoms with van der Waals surface area (Å²) in [7, 11) is 0. The minimum Gasteiger partial charge on any atom is -0.598 e. The third-order valence-corrected chi connectivity index (χ3v) is 4.65. The van der Waals surface area contributed by atoms with Crippen LogP contribution >= 0.6 is 27.5 Å². The van der Waals surface area contributed by atoms with Crippen LogP contribution in [-0.2, 0) is 17.9 Å². The normalized spacial score (nSPS) is 13.9. The monoisotopic (exact) mass is 324 g/mol. The number of hydrogen-bond donors (Lipinski definition) is 1. The lowest BCUT2D eigenvalue weighted by Crippen LogP contribution is -2.39. The molecule has 3 nitrogen and oxygen atoms in total. The molecule has 0 fully saturated rings. The van der Waals surface area contributed by atoms with Gasteiger partial charge in [-0.15, -0.1) is 4.72 Å². The molecule has 16 heavy (non-hydrogen) atoms. The molecule has 0 spiro atoms. The molecule has 1 atom stereocenters. The summed E-state index contributed by atoms with van der Waals surface area (Å²) in [5, 5.41) is 0.605. The Hall–Kier alpha value is 0.190. The molecule has 0 saturated carbocycles. The molecule has 0 aliphatic heterocycles. The van der Waals surface area contributed by atoms with Crippen molar-refractivity contribution in [3.8, 4) is 0 Å². The first-order chi connectivity index (χ1) is 7.32. The number of nitrogens with one attached hydrogen (secondary N) is 1. The number of pyridine rings is 1. The Morgan fingerprint density at radius 3 is 2.69 bits per heavy atom. The summed E-state index contributed by atoms with van der Waals surface area (Å²) in [6.07, 6.45) is 3.30. The molecule has 1 aromatic heterocycles. The first kappa shape index (κ1) is 14.3. The number of hydrogen-bond acceptors (Lipinski definition) is 3. The van der Waals surface area contributed by atoms with Crippen LogP contribution in [0.3, 0.4) is 0 Å². The Morgan fingerprint density at radius 1 is 1.50 bits per heavy atom. The topological polar surface area (TPSA) is 48.0 Å². The third kappa shape index (κ3) is 3.89. The Bertz CT molecular complexity index is 370. The lowest BCUT2D eigenvalue weighted by atomic mass is 10.3. The van der Waals surface area contributed by atoms with E-state index in [1.165, 1.54) is 0 Å². The van der Waals surface area contributed by atoms with Gasteiger partial charge in [0.25, 0.3) is 0 Å². The predicted molar refractivity (Wildman–Crippen MR) is 71.7 cm³/mol. The fourth-order valence-electron chi connectivity index (χ4n) is 0.942. The van der Waals surface area contributed by atoms with Crippen molar-refractivity contribution in [1.29, 1.82) is 0 Å². The molecule has 0 aliphatic rings. The average Bonchev–Trinajstić information content (AvgIpc) is 2.18. The van der Waals surface area contributed by atoms with Crippen molar-refractivity contribution in [2.45, 2.75) is 32.1 Å². The van der Waals surface area contributed by atoms with Crippen LogP contribution in [-0.4, -0.2) is 14.3 Å². The van der Waals surface area contributed by atoms with Crippen molar-refractivity contribution in [2.24, 2.45) is 0 Å². The average molecular weight is 326 g/mol. The summed E-state index contributed by atoms with van der Waals surface area (Å²) in [6, 6.07) is 0. The van der Waals surface area contributed by atoms with E-state index in [-0.39, 0.29) is 4.75 Å². The van der Waals surface area contributed by atoms with Gasteiger partial charge in [0.15, 0.2) is 0 Å². The zero-order valence-corrected chi connectivity index (χ0v) is 12.5. The SMILES string of the molecule is CC(C)(C)[S+]([O-])NCc1cncc(Br)c1Cl. The van der Waals surface area contributed by atoms with Crippen LogP contribution in [0.25, 0.3) is 0 Å². The molecule has 0 saturated heterocycles. The number of rotatable bonds is 3. The molecule has 0 aliphatic carbocycles. The van der Waals surface area contributed by atoms with Crippen LogP contribution in [0.15, 0.2) is 16.9 Å². The van der Waals surface area contributed by atoms with Gasteiger partial charge in [0.2, 0.25) is 0 Å². The van der Waals surface area contributed by atoms with Crippen molar-refractivity contribution in [3.63, 3.8) is 0 Å². The van der Waals surface area contributed by atoms with E-state index in [0.717, 1.165) is 10.0 Å². The molecule has 0 amide bonds. The summed E-state index contributed by atoms with van der Waals surface area (Å²) < 4.78 is 15.2. The predicted octanol–water partition coefficient (Wildman–Crippen LogP) is 3.05. The van der Waals surface area contributed by atoms with Crippen LogP contribution < -0.4 is 4.72 Å². The highest BCUT2D eigenvalue weighted by atomic mass is 79.9. The number of nitrogens with zero attached hydrogens (tertiary/aromatic N) is 1. The molecule has 90 valence electrons. The Balaban J connectivity index is 2.65. The lowest BCUT2D eigenvalue weighted by molar-refractivity contribution is 0.544. The van der Waals surface area contributed by atoms with E-state index in [2.05, 4.69) is 25.6 Å². The molecular weight excluding hydrogens is 312 g/mol. The minimum absolute atomic E-state index is 0.286. The van der Waals surface area contributed by atoms with Crippen molar-refractivity contribution in [2.75, 3.05) is 0 Å². The van der Waals surface area contributed by atoms with Crippen LogP contribution in [0.5, 0.6) is 0 Å². The Morgan fingerprint density at radius 2 is 2.12 bits per heavy atom. The van der Waals surface area contributed by atoms with Gasteiger partial charge in [0.1, 0.15) is 4.75 Å². The van der Waals surface area contributed by atoms with E-state index in [4.69, 9.17) is 11.6 Å². The van der Waals surface area contributed by atoms with E-state index in [9.17, 15) is 4.55 Å². The molecule has 0 bridgehead atoms. The molecule has 1 N–H and O–H groups in total. The van der Waals surface area contributed by atoms with Crippen LogP contribution in [0, 0.1) is 0 Å². The highest BCUT2D eigenvalue weighted by molar-refractivity contribution is 9.10. The molecule has 1 rings (SSSR count). The lowest BCUT2D eigenvalue weighted by Gasteiger charge is -2.23. The van der Waals surface area contributed by atoms with E-state index < -0.39 is 11.4 Å². The Labute approximate surface area is 112 Å². The summed E-state index contributed by atoms with van der Waals surface area (Å²) in [6.45, 7) is 6.18. The molecule has 1 heterocycles. The Kier molecular flexibility index (Phi) is 5.07. The summed E-state index contributed by atoms with van der Waals surface area (Å²) in [4.78, 5) is 4.01. The standard InChI is InChI=1S/C10H14BrClN2OS/c1-10(2,3)16(15)14-5-7-4-13-6-8(11)9(7)12/h4,6,14H,5H2,1-3H3. The summed E-state index contributed by atoms with van der Waals surface area (Å²) in [5.41, 5.74) is 0.827. The highest BCUT2D eigenvalue weighted by Crippen LogP contribution is 2.25. The summed E-state index contributed by atoms with van der Waals surface area (Å²) in [5.74, 6) is 0. The molecule has 0 aromatic carbocycles. The molecule has 6 heteroatoms. The maximum absolute atomic E-state index is 11.8. The number of halogens is 2. The minimum atomic E-state index is -1.10. The van der Waals surface area contributed by atoms with Gasteiger partial charge in [-0.1, -0.05) is 11.6 Å². The summed E-state index contributed by atoms with van der Waals surface area (Å²) >= 11 is 8.26. The second-order valence-electron chi connectivity index (χ2n) is 4.30. The second-order valence-corrected chi connectivity index (χ2v) is 7.58. The largest absolute Gasteiger partial charge is 0.598 e. The fraction of sp³-hybridized carbons (Fsp3) is 0.500.